The summed E-state index contributed by atoms with van der Waals surface area (Å²) in [4.78, 5) is 8.55. The van der Waals surface area contributed by atoms with Crippen molar-refractivity contribution in [2.45, 2.75) is 44.7 Å². The van der Waals surface area contributed by atoms with Crippen molar-refractivity contribution in [2.75, 3.05) is 7.05 Å². The van der Waals surface area contributed by atoms with Crippen molar-refractivity contribution in [1.82, 2.24) is 15.6 Å². The lowest BCUT2D eigenvalue weighted by Gasteiger charge is -2.24. The Bertz CT molecular complexity index is 369. The molecule has 2 N–H and O–H groups in total. The summed E-state index contributed by atoms with van der Waals surface area (Å²) in [6.45, 7) is 0.716. The Balaban J connectivity index is 1.79. The van der Waals surface area contributed by atoms with Gasteiger partial charge in [-0.2, -0.15) is 0 Å². The van der Waals surface area contributed by atoms with Crippen LogP contribution in [-0.4, -0.2) is 24.0 Å². The Morgan fingerprint density at radius 1 is 1.33 bits per heavy atom. The first-order valence-electron chi connectivity index (χ1n) is 6.75. The zero-order chi connectivity index (χ0) is 12.6. The van der Waals surface area contributed by atoms with E-state index in [4.69, 9.17) is 0 Å². The second-order valence-electron chi connectivity index (χ2n) is 4.73. The molecule has 1 fully saturated rings. The van der Waals surface area contributed by atoms with E-state index in [-0.39, 0.29) is 0 Å². The summed E-state index contributed by atoms with van der Waals surface area (Å²) < 4.78 is 0. The largest absolute Gasteiger partial charge is 0.354 e. The molecule has 1 aliphatic carbocycles. The lowest BCUT2D eigenvalue weighted by Crippen LogP contribution is -2.43. The predicted molar refractivity (Wildman–Crippen MR) is 74.4 cm³/mol. The summed E-state index contributed by atoms with van der Waals surface area (Å²) >= 11 is 0. The molecule has 4 nitrogen and oxygen atoms in total. The molecule has 1 saturated carbocycles. The summed E-state index contributed by atoms with van der Waals surface area (Å²) in [6, 6.07) is 6.52. The summed E-state index contributed by atoms with van der Waals surface area (Å²) in [5.74, 6) is 0.882. The fraction of sp³-hybridized carbons (Fsp3) is 0.571. The van der Waals surface area contributed by atoms with E-state index in [9.17, 15) is 0 Å². The van der Waals surface area contributed by atoms with E-state index in [2.05, 4.69) is 20.6 Å². The minimum atomic E-state index is 0.577. The van der Waals surface area contributed by atoms with Crippen LogP contribution in [-0.2, 0) is 6.54 Å². The molecule has 0 saturated heterocycles. The first-order chi connectivity index (χ1) is 8.88. The van der Waals surface area contributed by atoms with Crippen LogP contribution in [0.5, 0.6) is 0 Å². The van der Waals surface area contributed by atoms with Crippen molar-refractivity contribution >= 4 is 5.96 Å². The quantitative estimate of drug-likeness (QED) is 0.634. The van der Waals surface area contributed by atoms with Gasteiger partial charge >= 0.3 is 0 Å². The third-order valence-corrected chi connectivity index (χ3v) is 3.33. The maximum atomic E-state index is 4.29. The molecule has 4 heteroatoms. The third-order valence-electron chi connectivity index (χ3n) is 3.33. The van der Waals surface area contributed by atoms with Gasteiger partial charge in [0.1, 0.15) is 0 Å². The fourth-order valence-corrected chi connectivity index (χ4v) is 2.31. The van der Waals surface area contributed by atoms with Crippen molar-refractivity contribution < 1.29 is 0 Å². The van der Waals surface area contributed by atoms with Crippen molar-refractivity contribution in [2.24, 2.45) is 4.99 Å². The molecular formula is C14H22N4. The number of pyridine rings is 1. The van der Waals surface area contributed by atoms with Gasteiger partial charge in [0.25, 0.3) is 0 Å². The molecule has 1 aromatic rings. The lowest BCUT2D eigenvalue weighted by molar-refractivity contribution is 0.410. The molecule has 1 aliphatic rings. The van der Waals surface area contributed by atoms with Gasteiger partial charge in [-0.15, -0.1) is 0 Å². The molecule has 1 aromatic heterocycles. The van der Waals surface area contributed by atoms with Crippen molar-refractivity contribution in [3.05, 3.63) is 30.1 Å². The predicted octanol–water partition coefficient (Wildman–Crippen LogP) is 2.08. The molecule has 98 valence electrons. The van der Waals surface area contributed by atoms with E-state index in [1.165, 1.54) is 32.1 Å². The maximum Gasteiger partial charge on any atom is 0.191 e. The van der Waals surface area contributed by atoms with Gasteiger partial charge in [0.05, 0.1) is 12.2 Å². The molecule has 0 radical (unpaired) electrons. The number of hydrogen-bond donors (Lipinski definition) is 2. The zero-order valence-corrected chi connectivity index (χ0v) is 11.0. The van der Waals surface area contributed by atoms with Crippen molar-refractivity contribution in [1.29, 1.82) is 0 Å². The molecule has 0 aliphatic heterocycles. The molecule has 18 heavy (non-hydrogen) atoms. The molecule has 0 amide bonds. The monoisotopic (exact) mass is 246 g/mol. The van der Waals surface area contributed by atoms with E-state index >= 15 is 0 Å². The maximum absolute atomic E-state index is 4.29. The van der Waals surface area contributed by atoms with Gasteiger partial charge in [0.15, 0.2) is 5.96 Å². The zero-order valence-electron chi connectivity index (χ0n) is 11.0. The van der Waals surface area contributed by atoms with E-state index in [0.717, 1.165) is 11.7 Å². The summed E-state index contributed by atoms with van der Waals surface area (Å²) in [5, 5.41) is 6.80. The molecule has 0 unspecified atom stereocenters. The Morgan fingerprint density at radius 2 is 2.17 bits per heavy atom. The third kappa shape index (κ3) is 4.02. The molecular weight excluding hydrogens is 224 g/mol. The van der Waals surface area contributed by atoms with Gasteiger partial charge in [-0.05, 0) is 25.0 Å². The van der Waals surface area contributed by atoms with Crippen LogP contribution in [0.4, 0.5) is 0 Å². The van der Waals surface area contributed by atoms with Crippen LogP contribution in [0.3, 0.4) is 0 Å². The average molecular weight is 246 g/mol. The van der Waals surface area contributed by atoms with Crippen molar-refractivity contribution in [3.63, 3.8) is 0 Å². The number of nitrogens with one attached hydrogen (secondary N) is 2. The van der Waals surface area contributed by atoms with Crippen LogP contribution in [0.2, 0.25) is 0 Å². The van der Waals surface area contributed by atoms with E-state index in [1.54, 1.807) is 0 Å². The van der Waals surface area contributed by atoms with Crippen molar-refractivity contribution in [3.8, 4) is 0 Å². The second-order valence-corrected chi connectivity index (χ2v) is 4.73. The second kappa shape index (κ2) is 6.99. The Morgan fingerprint density at radius 3 is 2.83 bits per heavy atom. The molecule has 0 bridgehead atoms. The van der Waals surface area contributed by atoms with Gasteiger partial charge in [-0.3, -0.25) is 9.98 Å². The highest BCUT2D eigenvalue weighted by atomic mass is 15.2. The van der Waals surface area contributed by atoms with Crippen LogP contribution >= 0.6 is 0 Å². The Hall–Kier alpha value is -1.58. The number of aromatic nitrogens is 1. The van der Waals surface area contributed by atoms with Gasteiger partial charge in [0.2, 0.25) is 0 Å². The number of rotatable bonds is 3. The first-order valence-corrected chi connectivity index (χ1v) is 6.75. The van der Waals surface area contributed by atoms with Crippen LogP contribution in [0.1, 0.15) is 37.8 Å². The Kier molecular flexibility index (Phi) is 5.00. The van der Waals surface area contributed by atoms with Gasteiger partial charge in [-0.1, -0.05) is 25.3 Å². The molecule has 0 atom stereocenters. The van der Waals surface area contributed by atoms with Crippen LogP contribution in [0.15, 0.2) is 29.4 Å². The molecule has 0 aromatic carbocycles. The minimum Gasteiger partial charge on any atom is -0.354 e. The van der Waals surface area contributed by atoms with Crippen LogP contribution < -0.4 is 10.6 Å². The molecule has 0 spiro atoms. The van der Waals surface area contributed by atoms with Gasteiger partial charge in [-0.25, -0.2) is 0 Å². The molecule has 1 heterocycles. The highest BCUT2D eigenvalue weighted by Gasteiger charge is 2.14. The van der Waals surface area contributed by atoms with Crippen LogP contribution in [0.25, 0.3) is 0 Å². The summed E-state index contributed by atoms with van der Waals surface area (Å²) in [7, 11) is 1.82. The SMILES string of the molecule is CN=C(NCc1ccccn1)NC1CCCCC1. The average Bonchev–Trinajstić information content (AvgIpc) is 2.45. The highest BCUT2D eigenvalue weighted by molar-refractivity contribution is 5.79. The normalized spacial score (nSPS) is 17.5. The molecule has 2 rings (SSSR count). The smallest absolute Gasteiger partial charge is 0.191 e. The number of hydrogen-bond acceptors (Lipinski definition) is 2. The van der Waals surface area contributed by atoms with Gasteiger partial charge in [0, 0.05) is 19.3 Å². The summed E-state index contributed by atoms with van der Waals surface area (Å²) in [5.41, 5.74) is 1.03. The van der Waals surface area contributed by atoms with E-state index in [0.29, 0.717) is 12.6 Å². The number of guanidine groups is 1. The lowest BCUT2D eigenvalue weighted by atomic mass is 9.96. The number of aliphatic imine (C=N–C) groups is 1. The minimum absolute atomic E-state index is 0.577. The van der Waals surface area contributed by atoms with Gasteiger partial charge < -0.3 is 10.6 Å². The standard InChI is InChI=1S/C14H22N4/c1-15-14(18-12-7-3-2-4-8-12)17-11-13-9-5-6-10-16-13/h5-6,9-10,12H,2-4,7-8,11H2,1H3,(H2,15,17,18). The van der Waals surface area contributed by atoms with E-state index in [1.807, 2.05) is 31.4 Å². The first kappa shape index (κ1) is 12.9. The van der Waals surface area contributed by atoms with Crippen LogP contribution in [0, 0.1) is 0 Å². The topological polar surface area (TPSA) is 49.3 Å². The van der Waals surface area contributed by atoms with E-state index < -0.39 is 0 Å². The highest BCUT2D eigenvalue weighted by Crippen LogP contribution is 2.17. The fourth-order valence-electron chi connectivity index (χ4n) is 2.31. The Labute approximate surface area is 109 Å². The number of nitrogens with zero attached hydrogens (tertiary/aromatic N) is 2. The summed E-state index contributed by atoms with van der Waals surface area (Å²) in [6.07, 6.45) is 8.35.